The molecule has 3 heterocycles. The van der Waals surface area contributed by atoms with E-state index in [0.717, 1.165) is 5.56 Å². The van der Waals surface area contributed by atoms with Crippen LogP contribution in [0.15, 0.2) is 79.9 Å². The third kappa shape index (κ3) is 5.41. The molecule has 8 nitrogen and oxygen atoms in total. The summed E-state index contributed by atoms with van der Waals surface area (Å²) >= 11 is 6.17. The number of ether oxygens (including phenoxy) is 1. The minimum Gasteiger partial charge on any atom is -0.394 e. The van der Waals surface area contributed by atoms with Crippen LogP contribution in [0.4, 0.5) is 5.69 Å². The third-order valence-electron chi connectivity index (χ3n) is 10.2. The average molecular weight is 634 g/mol. The molecule has 0 saturated carbocycles. The molecule has 0 aromatic heterocycles. The van der Waals surface area contributed by atoms with Crippen molar-refractivity contribution in [1.82, 2.24) is 9.80 Å². The maximum absolute atomic E-state index is 14.9. The first kappa shape index (κ1) is 32.9. The predicted octanol–water partition coefficient (Wildman–Crippen LogP) is 5.10. The van der Waals surface area contributed by atoms with Gasteiger partial charge in [-0.3, -0.25) is 14.4 Å². The Bertz CT molecular complexity index is 1450. The van der Waals surface area contributed by atoms with Crippen LogP contribution in [0, 0.1) is 23.7 Å². The lowest BCUT2D eigenvalue weighted by Crippen LogP contribution is -2.60. The molecule has 0 aliphatic carbocycles. The molecule has 3 fully saturated rings. The zero-order chi connectivity index (χ0) is 32.7. The number of halogens is 1. The summed E-state index contributed by atoms with van der Waals surface area (Å²) in [5.41, 5.74) is -0.682. The Morgan fingerprint density at radius 2 is 1.73 bits per heavy atom. The highest BCUT2D eigenvalue weighted by atomic mass is 35.5. The highest BCUT2D eigenvalue weighted by molar-refractivity contribution is 6.30. The zero-order valence-corrected chi connectivity index (χ0v) is 27.3. The van der Waals surface area contributed by atoms with Crippen molar-refractivity contribution >= 4 is 35.0 Å². The van der Waals surface area contributed by atoms with Crippen molar-refractivity contribution in [1.29, 1.82) is 0 Å². The van der Waals surface area contributed by atoms with Crippen LogP contribution in [0.5, 0.6) is 0 Å². The van der Waals surface area contributed by atoms with Gasteiger partial charge in [0.05, 0.1) is 30.1 Å². The number of carbonyl (C=O) groups is 3. The van der Waals surface area contributed by atoms with Crippen LogP contribution in [0.25, 0.3) is 0 Å². The fourth-order valence-electron chi connectivity index (χ4n) is 7.92. The lowest BCUT2D eigenvalue weighted by molar-refractivity contribution is -0.154. The Balaban J connectivity index is 1.63. The van der Waals surface area contributed by atoms with Gasteiger partial charge in [0.1, 0.15) is 11.6 Å². The molecule has 1 spiro atoms. The molecule has 1 N–H and O–H groups in total. The Labute approximate surface area is 271 Å². The number of hydrogen-bond acceptors (Lipinski definition) is 5. The van der Waals surface area contributed by atoms with Gasteiger partial charge in [0.2, 0.25) is 11.8 Å². The summed E-state index contributed by atoms with van der Waals surface area (Å²) in [5.74, 6) is -2.89. The number of nitrogens with zero attached hydrogens (tertiary/aromatic N) is 3. The van der Waals surface area contributed by atoms with Gasteiger partial charge in [-0.1, -0.05) is 74.9 Å². The first-order valence-electron chi connectivity index (χ1n) is 15.7. The fraction of sp³-hybridized carbons (Fsp3) is 0.472. The number of likely N-dealkylation sites (tertiary alicyclic amines) is 1. The van der Waals surface area contributed by atoms with Gasteiger partial charge in [-0.05, 0) is 55.0 Å². The van der Waals surface area contributed by atoms with E-state index in [1.165, 1.54) is 4.90 Å². The van der Waals surface area contributed by atoms with Crippen LogP contribution in [0.3, 0.4) is 0 Å². The Hall–Kier alpha value is -3.46. The SMILES string of the molecule is C=CCN(Cc1ccccc1)C(=O)[C@@H]1[C@H]2C(=O)N([C@@H](CO)C(C)C)C(C(=O)N(CC=C)c3ccc(Cl)cc3)C23CC(C)[C@@]1(C)O3. The number of carbonyl (C=O) groups excluding carboxylic acids is 3. The summed E-state index contributed by atoms with van der Waals surface area (Å²) < 4.78 is 6.98. The largest absolute Gasteiger partial charge is 0.394 e. The van der Waals surface area contributed by atoms with Crippen molar-refractivity contribution in [2.45, 2.75) is 63.9 Å². The molecule has 2 aromatic rings. The van der Waals surface area contributed by atoms with Gasteiger partial charge in [0.25, 0.3) is 5.91 Å². The summed E-state index contributed by atoms with van der Waals surface area (Å²) in [5, 5.41) is 11.1. The molecular weight excluding hydrogens is 590 g/mol. The van der Waals surface area contributed by atoms with Gasteiger partial charge in [0, 0.05) is 30.3 Å². The fourth-order valence-corrected chi connectivity index (χ4v) is 8.04. The predicted molar refractivity (Wildman–Crippen MR) is 175 cm³/mol. The second-order valence-electron chi connectivity index (χ2n) is 13.2. The molecule has 5 rings (SSSR count). The molecule has 45 heavy (non-hydrogen) atoms. The quantitative estimate of drug-likeness (QED) is 0.329. The van der Waals surface area contributed by atoms with E-state index in [1.807, 2.05) is 58.0 Å². The number of aliphatic hydroxyl groups excluding tert-OH is 1. The second kappa shape index (κ2) is 12.7. The van der Waals surface area contributed by atoms with Crippen molar-refractivity contribution in [2.24, 2.45) is 23.7 Å². The number of aliphatic hydroxyl groups is 1. The molecule has 3 unspecified atom stereocenters. The van der Waals surface area contributed by atoms with E-state index < -0.39 is 35.1 Å². The topological polar surface area (TPSA) is 90.4 Å². The normalized spacial score (nSPS) is 29.0. The smallest absolute Gasteiger partial charge is 0.253 e. The van der Waals surface area contributed by atoms with Crippen LogP contribution < -0.4 is 4.90 Å². The van der Waals surface area contributed by atoms with Crippen LogP contribution in [-0.4, -0.2) is 75.6 Å². The monoisotopic (exact) mass is 633 g/mol. The molecule has 3 aliphatic heterocycles. The lowest BCUT2D eigenvalue weighted by Gasteiger charge is -2.40. The summed E-state index contributed by atoms with van der Waals surface area (Å²) in [7, 11) is 0. The first-order valence-corrected chi connectivity index (χ1v) is 16.1. The average Bonchev–Trinajstić information content (AvgIpc) is 3.53. The minimum atomic E-state index is -1.26. The molecule has 0 radical (unpaired) electrons. The lowest BCUT2D eigenvalue weighted by atomic mass is 9.62. The van der Waals surface area contributed by atoms with Gasteiger partial charge in [-0.25, -0.2) is 0 Å². The van der Waals surface area contributed by atoms with Gasteiger partial charge in [-0.2, -0.15) is 0 Å². The van der Waals surface area contributed by atoms with Crippen molar-refractivity contribution in [3.63, 3.8) is 0 Å². The Morgan fingerprint density at radius 1 is 1.09 bits per heavy atom. The van der Waals surface area contributed by atoms with Crippen molar-refractivity contribution in [3.05, 3.63) is 90.5 Å². The highest BCUT2D eigenvalue weighted by Crippen LogP contribution is 2.66. The Kier molecular flexibility index (Phi) is 9.32. The van der Waals surface area contributed by atoms with Gasteiger partial charge >= 0.3 is 0 Å². The van der Waals surface area contributed by atoms with E-state index in [1.54, 1.807) is 46.2 Å². The van der Waals surface area contributed by atoms with E-state index in [4.69, 9.17) is 16.3 Å². The standard InChI is InChI=1S/C36H44ClN3O5/c1-7-18-38(21-25-12-10-9-11-13-25)32(42)29-30-33(43)40(28(22-41)23(3)4)31(36(30)20-24(5)35(29,6)45-36)34(44)39(19-8-2)27-16-14-26(37)15-17-27/h7-17,23-24,28-31,41H,1-2,18-22H2,3-6H3/t24?,28-,29-,30-,31?,35+,36?/m0/s1. The maximum atomic E-state index is 14.9. The van der Waals surface area contributed by atoms with E-state index in [-0.39, 0.29) is 42.7 Å². The number of amides is 3. The molecule has 2 bridgehead atoms. The highest BCUT2D eigenvalue weighted by Gasteiger charge is 2.80. The molecule has 7 atom stereocenters. The zero-order valence-electron chi connectivity index (χ0n) is 26.6. The van der Waals surface area contributed by atoms with Crippen molar-refractivity contribution in [2.75, 3.05) is 24.6 Å². The van der Waals surface area contributed by atoms with Gasteiger partial charge in [0.15, 0.2) is 0 Å². The number of hydrogen-bond donors (Lipinski definition) is 1. The number of anilines is 1. The molecular formula is C36H44ClN3O5. The summed E-state index contributed by atoms with van der Waals surface area (Å²) in [6, 6.07) is 14.9. The van der Waals surface area contributed by atoms with Crippen molar-refractivity contribution in [3.8, 4) is 0 Å². The van der Waals surface area contributed by atoms with E-state index in [9.17, 15) is 19.5 Å². The van der Waals surface area contributed by atoms with Crippen LogP contribution in [0.2, 0.25) is 5.02 Å². The number of benzene rings is 2. The van der Waals surface area contributed by atoms with Crippen molar-refractivity contribution < 1.29 is 24.2 Å². The summed E-state index contributed by atoms with van der Waals surface area (Å²) in [4.78, 5) is 49.2. The second-order valence-corrected chi connectivity index (χ2v) is 13.6. The molecule has 3 aliphatic rings. The van der Waals surface area contributed by atoms with Crippen LogP contribution in [0.1, 0.15) is 39.7 Å². The maximum Gasteiger partial charge on any atom is 0.253 e. The third-order valence-corrected chi connectivity index (χ3v) is 10.4. The summed E-state index contributed by atoms with van der Waals surface area (Å²) in [6.45, 7) is 16.0. The molecule has 9 heteroatoms. The minimum absolute atomic E-state index is 0.122. The van der Waals surface area contributed by atoms with Crippen LogP contribution >= 0.6 is 11.6 Å². The van der Waals surface area contributed by atoms with Gasteiger partial charge < -0.3 is 24.5 Å². The first-order chi connectivity index (χ1) is 21.4. The Morgan fingerprint density at radius 3 is 2.31 bits per heavy atom. The van der Waals surface area contributed by atoms with Crippen LogP contribution in [-0.2, 0) is 25.7 Å². The molecule has 3 saturated heterocycles. The number of rotatable bonds is 12. The van der Waals surface area contributed by atoms with E-state index in [0.29, 0.717) is 30.2 Å². The van der Waals surface area contributed by atoms with E-state index >= 15 is 0 Å². The van der Waals surface area contributed by atoms with E-state index in [2.05, 4.69) is 13.2 Å². The van der Waals surface area contributed by atoms with Gasteiger partial charge in [-0.15, -0.1) is 13.2 Å². The molecule has 240 valence electrons. The summed E-state index contributed by atoms with van der Waals surface area (Å²) in [6.07, 6.45) is 3.75. The molecule has 2 aromatic carbocycles. The molecule has 3 amide bonds. The number of fused-ring (bicyclic) bond motifs is 1.